The maximum absolute atomic E-state index is 13.7. The van der Waals surface area contributed by atoms with Crippen molar-refractivity contribution >= 4 is 47.6 Å². The van der Waals surface area contributed by atoms with Crippen LogP contribution in [0.5, 0.6) is 5.75 Å². The minimum absolute atomic E-state index is 0.0521. The number of carboxylic acid groups (broad SMARTS) is 3. The smallest absolute Gasteiger partial charge is 0.326 e. The molecule has 0 aromatic heterocycles. The lowest BCUT2D eigenvalue weighted by Gasteiger charge is -2.29. The zero-order valence-corrected chi connectivity index (χ0v) is 38.7. The molecule has 0 spiro atoms. The van der Waals surface area contributed by atoms with Crippen LogP contribution >= 0.6 is 0 Å². The van der Waals surface area contributed by atoms with Crippen molar-refractivity contribution in [2.24, 2.45) is 11.8 Å². The van der Waals surface area contributed by atoms with E-state index in [2.05, 4.69) is 31.9 Å². The van der Waals surface area contributed by atoms with Gasteiger partial charge in [0.1, 0.15) is 30.5 Å². The second kappa shape index (κ2) is 32.4. The zero-order chi connectivity index (χ0) is 49.5. The fraction of sp³-hybridized carbons (Fsp3) is 0.574. The van der Waals surface area contributed by atoms with Gasteiger partial charge in [-0.1, -0.05) is 42.5 Å². The average molecular weight is 957 g/mol. The van der Waals surface area contributed by atoms with Crippen molar-refractivity contribution in [3.63, 3.8) is 0 Å². The predicted octanol–water partition coefficient (Wildman–Crippen LogP) is 2.15. The van der Waals surface area contributed by atoms with Crippen molar-refractivity contribution in [1.29, 1.82) is 0 Å². The third kappa shape index (κ3) is 24.4. The summed E-state index contributed by atoms with van der Waals surface area (Å²) in [5.74, 6) is -4.54. The molecule has 21 nitrogen and oxygen atoms in total. The molecule has 0 bridgehead atoms. The highest BCUT2D eigenvalue weighted by molar-refractivity contribution is 5.89. The first-order valence-corrected chi connectivity index (χ1v) is 23.0. The van der Waals surface area contributed by atoms with Gasteiger partial charge in [-0.2, -0.15) is 0 Å². The number of benzene rings is 2. The summed E-state index contributed by atoms with van der Waals surface area (Å²) in [6.07, 6.45) is 2.55. The summed E-state index contributed by atoms with van der Waals surface area (Å²) < 4.78 is 22.2. The number of carbonyl (C=O) groups excluding carboxylic acids is 5. The molecule has 0 unspecified atom stereocenters. The van der Waals surface area contributed by atoms with E-state index in [1.807, 2.05) is 42.5 Å². The normalized spacial score (nSPS) is 15.7. The molecule has 68 heavy (non-hydrogen) atoms. The third-order valence-corrected chi connectivity index (χ3v) is 11.0. The van der Waals surface area contributed by atoms with E-state index in [0.717, 1.165) is 11.1 Å². The first-order chi connectivity index (χ1) is 32.7. The van der Waals surface area contributed by atoms with E-state index in [4.69, 9.17) is 24.1 Å². The Labute approximate surface area is 396 Å². The third-order valence-electron chi connectivity index (χ3n) is 11.0. The predicted molar refractivity (Wildman–Crippen MR) is 245 cm³/mol. The van der Waals surface area contributed by atoms with Crippen LogP contribution < -0.4 is 36.6 Å². The summed E-state index contributed by atoms with van der Waals surface area (Å²) in [6, 6.07) is 12.0. The van der Waals surface area contributed by atoms with Crippen LogP contribution in [0.15, 0.2) is 54.6 Å². The van der Waals surface area contributed by atoms with Crippen LogP contribution in [-0.4, -0.2) is 140 Å². The molecule has 376 valence electrons. The molecule has 3 rings (SSSR count). The van der Waals surface area contributed by atoms with E-state index < -0.39 is 60.8 Å². The monoisotopic (exact) mass is 956 g/mol. The summed E-state index contributed by atoms with van der Waals surface area (Å²) in [4.78, 5) is 97.1. The number of unbranched alkanes of at least 4 members (excludes halogenated alkanes) is 1. The van der Waals surface area contributed by atoms with E-state index in [1.54, 1.807) is 12.1 Å². The van der Waals surface area contributed by atoms with Gasteiger partial charge in [0.25, 0.3) is 0 Å². The van der Waals surface area contributed by atoms with Gasteiger partial charge in [0.2, 0.25) is 23.6 Å². The van der Waals surface area contributed by atoms with Crippen LogP contribution in [0.3, 0.4) is 0 Å². The lowest BCUT2D eigenvalue weighted by atomic mass is 9.81. The maximum Gasteiger partial charge on any atom is 0.326 e. The summed E-state index contributed by atoms with van der Waals surface area (Å²) >= 11 is 0. The van der Waals surface area contributed by atoms with Crippen LogP contribution in [0.4, 0.5) is 4.79 Å². The molecule has 0 heterocycles. The van der Waals surface area contributed by atoms with Crippen molar-refractivity contribution in [2.75, 3.05) is 59.3 Å². The number of hydrogen-bond acceptors (Lipinski definition) is 12. The Morgan fingerprint density at radius 3 is 1.85 bits per heavy atom. The van der Waals surface area contributed by atoms with Crippen LogP contribution in [0, 0.1) is 11.8 Å². The molecule has 0 saturated heterocycles. The largest absolute Gasteiger partial charge is 0.489 e. The Hall–Kier alpha value is -6.32. The standard InChI is InChI=1S/C47H68N6O15/c1-32(54)48-22-24-66-26-28-67-27-25-65-23-20-41(55)50-30-34-10-14-36(15-11-34)43(58)51-40(29-33-12-16-37(17-13-33)68-31-35-7-3-2-4-8-35)44(59)49-21-6-5-9-38(45(60)61)52-47(64)53-39(46(62)63)18-19-42(56)57/h2-4,7-8,12-13,16-17,34,36,38-40H,5-6,9-11,14-15,18-31H2,1H3,(H,48,54)(H,49,59)(H,50,55)(H,51,58)(H,56,57)(H,60,61)(H,62,63)(H2,52,53,64)/t34?,36?,38-,39-,40-/m0/s1. The van der Waals surface area contributed by atoms with Crippen molar-refractivity contribution in [1.82, 2.24) is 31.9 Å². The van der Waals surface area contributed by atoms with Gasteiger partial charge < -0.3 is 66.2 Å². The number of nitrogens with one attached hydrogen (secondary N) is 6. The highest BCUT2D eigenvalue weighted by Crippen LogP contribution is 2.29. The number of aliphatic carboxylic acids is 3. The first kappa shape index (κ1) is 56.0. The highest BCUT2D eigenvalue weighted by atomic mass is 16.5. The molecule has 1 aliphatic carbocycles. The number of amides is 6. The van der Waals surface area contributed by atoms with Gasteiger partial charge in [-0.3, -0.25) is 24.0 Å². The molecule has 21 heteroatoms. The topological polar surface area (TPSA) is 306 Å². The molecule has 3 atom stereocenters. The SMILES string of the molecule is CC(=O)NCCOCCOCCOCCC(=O)NCC1CCC(C(=O)N[C@@H](Cc2ccc(OCc3ccccc3)cc2)C(=O)NCCCC[C@H](NC(=O)N[C@@H](CCC(=O)O)C(=O)O)C(=O)O)CC1. The molecule has 2 aromatic carbocycles. The Bertz CT molecular complexity index is 1880. The lowest BCUT2D eigenvalue weighted by Crippen LogP contribution is -2.51. The summed E-state index contributed by atoms with van der Waals surface area (Å²) in [6.45, 7) is 4.99. The molecule has 1 fully saturated rings. The van der Waals surface area contributed by atoms with Gasteiger partial charge in [0, 0.05) is 51.7 Å². The average Bonchev–Trinajstić information content (AvgIpc) is 3.31. The summed E-state index contributed by atoms with van der Waals surface area (Å²) in [5.41, 5.74) is 1.78. The molecule has 1 saturated carbocycles. The van der Waals surface area contributed by atoms with Crippen molar-refractivity contribution in [2.45, 2.75) is 102 Å². The number of carbonyl (C=O) groups is 8. The van der Waals surface area contributed by atoms with Crippen molar-refractivity contribution in [3.05, 3.63) is 65.7 Å². The van der Waals surface area contributed by atoms with Crippen molar-refractivity contribution in [3.8, 4) is 5.75 Å². The second-order valence-electron chi connectivity index (χ2n) is 16.4. The van der Waals surface area contributed by atoms with Crippen molar-refractivity contribution < 1.29 is 72.6 Å². The number of rotatable bonds is 34. The van der Waals surface area contributed by atoms with E-state index in [0.29, 0.717) is 90.6 Å². The zero-order valence-electron chi connectivity index (χ0n) is 38.7. The fourth-order valence-corrected chi connectivity index (χ4v) is 7.13. The molecular formula is C47H68N6O15. The minimum Gasteiger partial charge on any atom is -0.489 e. The van der Waals surface area contributed by atoms with Gasteiger partial charge in [-0.05, 0) is 80.5 Å². The quantitative estimate of drug-likeness (QED) is 0.0454. The van der Waals surface area contributed by atoms with Crippen LogP contribution in [0.1, 0.15) is 82.3 Å². The molecule has 9 N–H and O–H groups in total. The molecule has 0 aliphatic heterocycles. The van der Waals surface area contributed by atoms with Gasteiger partial charge in [0.05, 0.1) is 39.6 Å². The Balaban J connectivity index is 1.44. The second-order valence-corrected chi connectivity index (χ2v) is 16.4. The fourth-order valence-electron chi connectivity index (χ4n) is 7.13. The summed E-state index contributed by atoms with van der Waals surface area (Å²) in [5, 5.41) is 43.5. The van der Waals surface area contributed by atoms with E-state index in [9.17, 15) is 48.6 Å². The van der Waals surface area contributed by atoms with Crippen LogP contribution in [-0.2, 0) is 60.8 Å². The first-order valence-electron chi connectivity index (χ1n) is 23.0. The molecule has 0 radical (unpaired) electrons. The van der Waals surface area contributed by atoms with E-state index in [1.165, 1.54) is 6.92 Å². The van der Waals surface area contributed by atoms with Gasteiger partial charge in [0.15, 0.2) is 0 Å². The van der Waals surface area contributed by atoms with Gasteiger partial charge in [-0.25, -0.2) is 14.4 Å². The van der Waals surface area contributed by atoms with Crippen LogP contribution in [0.25, 0.3) is 0 Å². The Morgan fingerprint density at radius 2 is 1.24 bits per heavy atom. The minimum atomic E-state index is -1.53. The molecule has 2 aromatic rings. The van der Waals surface area contributed by atoms with E-state index >= 15 is 0 Å². The van der Waals surface area contributed by atoms with Gasteiger partial charge in [-0.15, -0.1) is 0 Å². The number of carboxylic acids is 3. The Kier molecular flexibility index (Phi) is 26.7. The van der Waals surface area contributed by atoms with E-state index in [-0.39, 0.29) is 68.4 Å². The maximum atomic E-state index is 13.7. The molecule has 6 amide bonds. The lowest BCUT2D eigenvalue weighted by molar-refractivity contribution is -0.141. The highest BCUT2D eigenvalue weighted by Gasteiger charge is 2.30. The molecular weight excluding hydrogens is 889 g/mol. The molecule has 1 aliphatic rings. The Morgan fingerprint density at radius 1 is 0.618 bits per heavy atom. The number of ether oxygens (including phenoxy) is 4. The summed E-state index contributed by atoms with van der Waals surface area (Å²) in [7, 11) is 0. The van der Waals surface area contributed by atoms with Crippen LogP contribution in [0.2, 0.25) is 0 Å². The number of urea groups is 1. The number of hydrogen-bond donors (Lipinski definition) is 9. The van der Waals surface area contributed by atoms with Gasteiger partial charge >= 0.3 is 23.9 Å².